The minimum absolute atomic E-state index is 0.105. The van der Waals surface area contributed by atoms with Gasteiger partial charge < -0.3 is 20.3 Å². The molecule has 1 aromatic rings. The topological polar surface area (TPSA) is 95.9 Å². The van der Waals surface area contributed by atoms with Crippen molar-refractivity contribution < 1.29 is 24.5 Å². The molecular weight excluding hydrogens is 274 g/mol. The number of carbonyl (C=O) groups is 2. The predicted octanol–water partition coefficient (Wildman–Crippen LogP) is 1.32. The Balaban J connectivity index is 2.59. The molecule has 3 N–H and O–H groups in total. The second kappa shape index (κ2) is 7.08. The van der Waals surface area contributed by atoms with Gasteiger partial charge in [0.15, 0.2) is 0 Å². The predicted molar refractivity (Wildman–Crippen MR) is 77.1 cm³/mol. The van der Waals surface area contributed by atoms with Gasteiger partial charge in [-0.3, -0.25) is 4.79 Å². The van der Waals surface area contributed by atoms with Gasteiger partial charge in [-0.05, 0) is 38.5 Å². The van der Waals surface area contributed by atoms with Crippen LogP contribution in [0.3, 0.4) is 0 Å². The van der Waals surface area contributed by atoms with E-state index in [-0.39, 0.29) is 18.8 Å². The van der Waals surface area contributed by atoms with Gasteiger partial charge >= 0.3 is 5.97 Å². The van der Waals surface area contributed by atoms with E-state index in [4.69, 9.17) is 9.84 Å². The Morgan fingerprint density at radius 1 is 1.24 bits per heavy atom. The van der Waals surface area contributed by atoms with Crippen LogP contribution in [0, 0.1) is 0 Å². The molecule has 0 aliphatic heterocycles. The fraction of sp³-hybridized carbons (Fsp3) is 0.467. The lowest BCUT2D eigenvalue weighted by Gasteiger charge is -2.20. The van der Waals surface area contributed by atoms with Gasteiger partial charge in [-0.1, -0.05) is 12.1 Å². The number of amides is 1. The Hall–Kier alpha value is -2.08. The molecular formula is C15H21NO5. The van der Waals surface area contributed by atoms with Crippen LogP contribution in [0.4, 0.5) is 0 Å². The number of aromatic hydroxyl groups is 1. The molecule has 1 rings (SSSR count). The summed E-state index contributed by atoms with van der Waals surface area (Å²) in [6, 6.07) is 5.13. The van der Waals surface area contributed by atoms with Gasteiger partial charge in [0, 0.05) is 6.42 Å². The fourth-order valence-electron chi connectivity index (χ4n) is 1.59. The Labute approximate surface area is 123 Å². The van der Waals surface area contributed by atoms with Crippen molar-refractivity contribution in [3.8, 4) is 5.75 Å². The lowest BCUT2D eigenvalue weighted by Crippen LogP contribution is -2.44. The van der Waals surface area contributed by atoms with Crippen molar-refractivity contribution >= 4 is 11.9 Å². The van der Waals surface area contributed by atoms with Crippen LogP contribution in [-0.4, -0.2) is 40.3 Å². The summed E-state index contributed by atoms with van der Waals surface area (Å²) in [6.07, 6.45) is 0.136. The number of hydrogen-bond donors (Lipinski definition) is 3. The largest absolute Gasteiger partial charge is 0.508 e. The van der Waals surface area contributed by atoms with E-state index in [0.717, 1.165) is 0 Å². The van der Waals surface area contributed by atoms with Gasteiger partial charge in [-0.15, -0.1) is 0 Å². The maximum atomic E-state index is 11.7. The van der Waals surface area contributed by atoms with Crippen molar-refractivity contribution in [2.45, 2.75) is 38.8 Å². The van der Waals surface area contributed by atoms with Crippen LogP contribution in [0.2, 0.25) is 0 Å². The molecule has 0 heterocycles. The van der Waals surface area contributed by atoms with E-state index in [0.29, 0.717) is 5.56 Å². The van der Waals surface area contributed by atoms with Crippen molar-refractivity contribution in [1.82, 2.24) is 5.32 Å². The first-order valence-electron chi connectivity index (χ1n) is 6.61. The summed E-state index contributed by atoms with van der Waals surface area (Å²) in [6.45, 7) is 5.24. The highest BCUT2D eigenvalue weighted by Gasteiger charge is 2.21. The summed E-state index contributed by atoms with van der Waals surface area (Å²) in [5.74, 6) is -1.49. The van der Waals surface area contributed by atoms with E-state index in [9.17, 15) is 14.7 Å². The van der Waals surface area contributed by atoms with Gasteiger partial charge in [0.1, 0.15) is 18.4 Å². The number of nitrogens with one attached hydrogen (secondary N) is 1. The smallest absolute Gasteiger partial charge is 0.326 e. The number of aliphatic carboxylic acids is 1. The van der Waals surface area contributed by atoms with Crippen molar-refractivity contribution in [2.75, 3.05) is 6.61 Å². The number of phenols is 1. The van der Waals surface area contributed by atoms with Gasteiger partial charge in [-0.2, -0.15) is 0 Å². The number of carbonyl (C=O) groups excluding carboxylic acids is 1. The number of phenolic OH excluding ortho intramolecular Hbond substituents is 1. The summed E-state index contributed by atoms with van der Waals surface area (Å²) in [5, 5.41) is 20.8. The van der Waals surface area contributed by atoms with Crippen LogP contribution in [-0.2, 0) is 20.7 Å². The maximum Gasteiger partial charge on any atom is 0.326 e. The zero-order chi connectivity index (χ0) is 16.0. The molecule has 0 unspecified atom stereocenters. The van der Waals surface area contributed by atoms with Crippen molar-refractivity contribution in [3.63, 3.8) is 0 Å². The molecule has 21 heavy (non-hydrogen) atoms. The Bertz CT molecular complexity index is 490. The third kappa shape index (κ3) is 6.76. The summed E-state index contributed by atoms with van der Waals surface area (Å²) in [4.78, 5) is 22.9. The molecule has 0 bridgehead atoms. The van der Waals surface area contributed by atoms with Crippen LogP contribution < -0.4 is 5.32 Å². The SMILES string of the molecule is CC(C)(C)OCC(=O)N[C@H](Cc1ccc(O)cc1)C(=O)O. The van der Waals surface area contributed by atoms with E-state index >= 15 is 0 Å². The van der Waals surface area contributed by atoms with E-state index in [1.54, 1.807) is 12.1 Å². The van der Waals surface area contributed by atoms with Crippen LogP contribution in [0.1, 0.15) is 26.3 Å². The lowest BCUT2D eigenvalue weighted by molar-refractivity contribution is -0.143. The molecule has 0 saturated heterocycles. The molecule has 6 nitrogen and oxygen atoms in total. The van der Waals surface area contributed by atoms with Gasteiger partial charge in [0.2, 0.25) is 5.91 Å². The molecule has 1 amide bonds. The quantitative estimate of drug-likeness (QED) is 0.735. The Morgan fingerprint density at radius 3 is 2.29 bits per heavy atom. The molecule has 0 spiro atoms. The number of carboxylic acids is 1. The van der Waals surface area contributed by atoms with Crippen molar-refractivity contribution in [3.05, 3.63) is 29.8 Å². The molecule has 1 aromatic carbocycles. The number of carboxylic acid groups (broad SMARTS) is 1. The van der Waals surface area contributed by atoms with Crippen LogP contribution in [0.5, 0.6) is 5.75 Å². The third-order valence-electron chi connectivity index (χ3n) is 2.65. The fourth-order valence-corrected chi connectivity index (χ4v) is 1.59. The van der Waals surface area contributed by atoms with Gasteiger partial charge in [0.25, 0.3) is 0 Å². The average molecular weight is 295 g/mol. The first kappa shape index (κ1) is 17.0. The van der Waals surface area contributed by atoms with Crippen molar-refractivity contribution in [2.24, 2.45) is 0 Å². The monoisotopic (exact) mass is 295 g/mol. The third-order valence-corrected chi connectivity index (χ3v) is 2.65. The number of benzene rings is 1. The minimum Gasteiger partial charge on any atom is -0.508 e. The standard InChI is InChI=1S/C15H21NO5/c1-15(2,3)21-9-13(18)16-12(14(19)20)8-10-4-6-11(17)7-5-10/h4-7,12,17H,8-9H2,1-3H3,(H,16,18)(H,19,20)/t12-/m1/s1. The number of hydrogen-bond acceptors (Lipinski definition) is 4. The lowest BCUT2D eigenvalue weighted by atomic mass is 10.1. The average Bonchev–Trinajstić information content (AvgIpc) is 2.37. The molecule has 1 atom stereocenters. The van der Waals surface area contributed by atoms with Crippen LogP contribution in [0.25, 0.3) is 0 Å². The summed E-state index contributed by atoms with van der Waals surface area (Å²) >= 11 is 0. The molecule has 0 aliphatic rings. The summed E-state index contributed by atoms with van der Waals surface area (Å²) in [5.41, 5.74) is 0.241. The molecule has 0 fully saturated rings. The molecule has 0 saturated carbocycles. The first-order chi connectivity index (χ1) is 9.67. The highest BCUT2D eigenvalue weighted by Crippen LogP contribution is 2.11. The number of rotatable bonds is 6. The maximum absolute atomic E-state index is 11.7. The summed E-state index contributed by atoms with van der Waals surface area (Å²) < 4.78 is 5.30. The second-order valence-electron chi connectivity index (χ2n) is 5.73. The molecule has 0 aromatic heterocycles. The zero-order valence-corrected chi connectivity index (χ0v) is 12.4. The Morgan fingerprint density at radius 2 is 1.81 bits per heavy atom. The molecule has 116 valence electrons. The van der Waals surface area contributed by atoms with E-state index < -0.39 is 23.5 Å². The minimum atomic E-state index is -1.12. The zero-order valence-electron chi connectivity index (χ0n) is 12.4. The normalized spacial score (nSPS) is 12.7. The van der Waals surface area contributed by atoms with Crippen LogP contribution >= 0.6 is 0 Å². The molecule has 0 radical (unpaired) electrons. The molecule has 0 aliphatic carbocycles. The van der Waals surface area contributed by atoms with Gasteiger partial charge in [-0.25, -0.2) is 4.79 Å². The van der Waals surface area contributed by atoms with E-state index in [1.165, 1.54) is 12.1 Å². The highest BCUT2D eigenvalue weighted by atomic mass is 16.5. The second-order valence-corrected chi connectivity index (χ2v) is 5.73. The van der Waals surface area contributed by atoms with Crippen molar-refractivity contribution in [1.29, 1.82) is 0 Å². The van der Waals surface area contributed by atoms with E-state index in [1.807, 2.05) is 20.8 Å². The number of ether oxygens (including phenoxy) is 1. The Kier molecular flexibility index (Phi) is 5.72. The van der Waals surface area contributed by atoms with Crippen LogP contribution in [0.15, 0.2) is 24.3 Å². The first-order valence-corrected chi connectivity index (χ1v) is 6.61. The molecule has 6 heteroatoms. The summed E-state index contributed by atoms with van der Waals surface area (Å²) in [7, 11) is 0. The van der Waals surface area contributed by atoms with Gasteiger partial charge in [0.05, 0.1) is 5.60 Å². The van der Waals surface area contributed by atoms with E-state index in [2.05, 4.69) is 5.32 Å². The highest BCUT2D eigenvalue weighted by molar-refractivity contribution is 5.84.